The van der Waals surface area contributed by atoms with Crippen LogP contribution in [0.3, 0.4) is 0 Å². The fourth-order valence-electron chi connectivity index (χ4n) is 2.73. The molecule has 2 saturated carbocycles. The van der Waals surface area contributed by atoms with Gasteiger partial charge in [0.2, 0.25) is 0 Å². The van der Waals surface area contributed by atoms with E-state index in [-0.39, 0.29) is 5.92 Å². The zero-order valence-electron chi connectivity index (χ0n) is 11.7. The van der Waals surface area contributed by atoms with E-state index < -0.39 is 12.3 Å². The number of allylic oxidation sites excluding steroid dienone is 2. The summed E-state index contributed by atoms with van der Waals surface area (Å²) < 4.78 is 26.4. The van der Waals surface area contributed by atoms with Gasteiger partial charge in [-0.1, -0.05) is 18.2 Å². The Hall–Kier alpha value is -0.830. The van der Waals surface area contributed by atoms with Gasteiger partial charge in [-0.15, -0.1) is 11.8 Å². The van der Waals surface area contributed by atoms with Gasteiger partial charge >= 0.3 is 0 Å². The van der Waals surface area contributed by atoms with Crippen LogP contribution in [0.2, 0.25) is 0 Å². The molecule has 0 nitrogen and oxygen atoms in total. The molecule has 3 atom stereocenters. The summed E-state index contributed by atoms with van der Waals surface area (Å²) in [6.07, 6.45) is 2.81. The molecule has 1 unspecified atom stereocenters. The normalized spacial score (nSPS) is 30.8. The maximum atomic E-state index is 13.2. The van der Waals surface area contributed by atoms with E-state index in [9.17, 15) is 8.78 Å². The highest BCUT2D eigenvalue weighted by molar-refractivity contribution is 8.00. The van der Waals surface area contributed by atoms with Gasteiger partial charge in [-0.2, -0.15) is 0 Å². The molecule has 0 radical (unpaired) electrons. The molecule has 1 aromatic carbocycles. The van der Waals surface area contributed by atoms with Crippen molar-refractivity contribution in [2.75, 3.05) is 0 Å². The maximum absolute atomic E-state index is 13.2. The van der Waals surface area contributed by atoms with Gasteiger partial charge in [0, 0.05) is 10.1 Å². The van der Waals surface area contributed by atoms with Crippen LogP contribution in [0.4, 0.5) is 8.78 Å². The standard InChI is InChI=1S/C17H20F2S/c1-11(8-12-9-16(18)17(19)10-12)13-2-4-14(5-3-13)20-15-6-7-15/h2-5,8,12,15-17H,6-7,9-10H2,1H3/b11-8-/t12?,16-,17+. The monoisotopic (exact) mass is 294 g/mol. The van der Waals surface area contributed by atoms with Crippen LogP contribution in [0.25, 0.3) is 5.57 Å². The Balaban J connectivity index is 1.65. The minimum Gasteiger partial charge on any atom is -0.244 e. The van der Waals surface area contributed by atoms with Gasteiger partial charge in [-0.05, 0) is 61.8 Å². The lowest BCUT2D eigenvalue weighted by atomic mass is 10.00. The van der Waals surface area contributed by atoms with E-state index in [1.807, 2.05) is 24.8 Å². The van der Waals surface area contributed by atoms with Crippen molar-refractivity contribution < 1.29 is 8.78 Å². The third kappa shape index (κ3) is 3.43. The number of alkyl halides is 2. The highest BCUT2D eigenvalue weighted by atomic mass is 32.2. The molecule has 2 aliphatic rings. The van der Waals surface area contributed by atoms with Crippen LogP contribution >= 0.6 is 11.8 Å². The first-order valence-corrected chi connectivity index (χ1v) is 8.23. The predicted octanol–water partition coefficient (Wildman–Crippen LogP) is 5.43. The summed E-state index contributed by atoms with van der Waals surface area (Å²) in [6.45, 7) is 2.03. The Morgan fingerprint density at radius 2 is 1.70 bits per heavy atom. The molecule has 0 heterocycles. The summed E-state index contributed by atoms with van der Waals surface area (Å²) in [4.78, 5) is 1.32. The quantitative estimate of drug-likeness (QED) is 0.713. The van der Waals surface area contributed by atoms with Crippen molar-refractivity contribution in [1.29, 1.82) is 0 Å². The van der Waals surface area contributed by atoms with E-state index in [0.29, 0.717) is 12.8 Å². The zero-order valence-corrected chi connectivity index (χ0v) is 12.5. The molecular weight excluding hydrogens is 274 g/mol. The van der Waals surface area contributed by atoms with Gasteiger partial charge in [0.1, 0.15) is 12.3 Å². The van der Waals surface area contributed by atoms with E-state index >= 15 is 0 Å². The topological polar surface area (TPSA) is 0 Å². The maximum Gasteiger partial charge on any atom is 0.132 e. The van der Waals surface area contributed by atoms with E-state index in [0.717, 1.165) is 16.4 Å². The first-order chi connectivity index (χ1) is 9.61. The average Bonchev–Trinajstić information content (AvgIpc) is 3.17. The summed E-state index contributed by atoms with van der Waals surface area (Å²) >= 11 is 1.94. The molecule has 0 aromatic heterocycles. The number of hydrogen-bond donors (Lipinski definition) is 0. The molecule has 1 aromatic rings. The number of benzene rings is 1. The predicted molar refractivity (Wildman–Crippen MR) is 81.5 cm³/mol. The Morgan fingerprint density at radius 3 is 2.25 bits per heavy atom. The second-order valence-corrected chi connectivity index (χ2v) is 7.33. The molecule has 0 saturated heterocycles. The largest absolute Gasteiger partial charge is 0.244 e. The van der Waals surface area contributed by atoms with Crippen LogP contribution in [-0.2, 0) is 0 Å². The lowest BCUT2D eigenvalue weighted by Crippen LogP contribution is -2.06. The SMILES string of the molecule is C/C(=C/C1C[C@@H](F)[C@@H](F)C1)c1ccc(SC2CC2)cc1. The Morgan fingerprint density at radius 1 is 1.10 bits per heavy atom. The van der Waals surface area contributed by atoms with Crippen molar-refractivity contribution in [2.45, 2.75) is 55.1 Å². The van der Waals surface area contributed by atoms with Crippen LogP contribution in [0, 0.1) is 5.92 Å². The van der Waals surface area contributed by atoms with Crippen molar-refractivity contribution in [3.63, 3.8) is 0 Å². The van der Waals surface area contributed by atoms with Crippen LogP contribution in [0.1, 0.15) is 38.2 Å². The first-order valence-electron chi connectivity index (χ1n) is 7.35. The fraction of sp³-hybridized carbons (Fsp3) is 0.529. The van der Waals surface area contributed by atoms with Gasteiger partial charge in [0.25, 0.3) is 0 Å². The molecule has 2 aliphatic carbocycles. The molecule has 2 fully saturated rings. The van der Waals surface area contributed by atoms with Gasteiger partial charge in [0.05, 0.1) is 0 Å². The van der Waals surface area contributed by atoms with E-state index in [4.69, 9.17) is 0 Å². The molecule has 108 valence electrons. The number of rotatable bonds is 4. The molecule has 3 rings (SSSR count). The molecule has 3 heteroatoms. The molecule has 0 spiro atoms. The minimum absolute atomic E-state index is 0.0421. The lowest BCUT2D eigenvalue weighted by Gasteiger charge is -2.07. The van der Waals surface area contributed by atoms with E-state index in [1.54, 1.807) is 0 Å². The molecule has 0 amide bonds. The first kappa shape index (κ1) is 14.1. The van der Waals surface area contributed by atoms with Gasteiger partial charge in [-0.3, -0.25) is 0 Å². The molecule has 0 bridgehead atoms. The summed E-state index contributed by atoms with van der Waals surface area (Å²) in [5.41, 5.74) is 2.28. The van der Waals surface area contributed by atoms with Gasteiger partial charge in [-0.25, -0.2) is 8.78 Å². The summed E-state index contributed by atoms with van der Waals surface area (Å²) in [7, 11) is 0. The average molecular weight is 294 g/mol. The molecular formula is C17H20F2S. The smallest absolute Gasteiger partial charge is 0.132 e. The highest BCUT2D eigenvalue weighted by Crippen LogP contribution is 2.39. The van der Waals surface area contributed by atoms with Crippen molar-refractivity contribution in [3.05, 3.63) is 35.9 Å². The number of thioether (sulfide) groups is 1. The molecule has 20 heavy (non-hydrogen) atoms. The van der Waals surface area contributed by atoms with Crippen molar-refractivity contribution in [1.82, 2.24) is 0 Å². The summed E-state index contributed by atoms with van der Waals surface area (Å²) in [5.74, 6) is 0.0421. The van der Waals surface area contributed by atoms with Gasteiger partial charge in [0.15, 0.2) is 0 Å². The minimum atomic E-state index is -1.28. The highest BCUT2D eigenvalue weighted by Gasteiger charge is 2.33. The summed E-state index contributed by atoms with van der Waals surface area (Å²) in [6, 6.07) is 8.54. The number of hydrogen-bond acceptors (Lipinski definition) is 1. The number of halogens is 2. The van der Waals surface area contributed by atoms with Crippen molar-refractivity contribution in [2.24, 2.45) is 5.92 Å². The van der Waals surface area contributed by atoms with Gasteiger partial charge < -0.3 is 0 Å². The van der Waals surface area contributed by atoms with Crippen molar-refractivity contribution >= 4 is 17.3 Å². The second-order valence-electron chi connectivity index (χ2n) is 5.95. The molecule has 0 N–H and O–H groups in total. The third-order valence-corrected chi connectivity index (χ3v) is 5.42. The second kappa shape index (κ2) is 5.88. The lowest BCUT2D eigenvalue weighted by molar-refractivity contribution is 0.199. The van der Waals surface area contributed by atoms with Crippen LogP contribution in [0.15, 0.2) is 35.2 Å². The fourth-order valence-corrected chi connectivity index (χ4v) is 3.78. The Kier molecular flexibility index (Phi) is 4.16. The van der Waals surface area contributed by atoms with Crippen LogP contribution < -0.4 is 0 Å². The van der Waals surface area contributed by atoms with Crippen LogP contribution in [0.5, 0.6) is 0 Å². The molecule has 0 aliphatic heterocycles. The van der Waals surface area contributed by atoms with Crippen molar-refractivity contribution in [3.8, 4) is 0 Å². The Labute approximate surface area is 123 Å². The Bertz CT molecular complexity index is 480. The zero-order chi connectivity index (χ0) is 14.1. The van der Waals surface area contributed by atoms with E-state index in [1.165, 1.54) is 17.7 Å². The summed E-state index contributed by atoms with van der Waals surface area (Å²) in [5, 5.41) is 0.818. The third-order valence-electron chi connectivity index (χ3n) is 4.07. The van der Waals surface area contributed by atoms with E-state index in [2.05, 4.69) is 24.3 Å². The van der Waals surface area contributed by atoms with Crippen LogP contribution in [-0.4, -0.2) is 17.6 Å².